The number of hydrogen-bond donors (Lipinski definition) is 0. The van der Waals surface area contributed by atoms with Crippen LogP contribution in [0.25, 0.3) is 5.65 Å². The van der Waals surface area contributed by atoms with Crippen LogP contribution in [0, 0.1) is 6.92 Å². The highest BCUT2D eigenvalue weighted by atomic mass is 16.2. The van der Waals surface area contributed by atoms with Gasteiger partial charge < -0.3 is 9.30 Å². The van der Waals surface area contributed by atoms with E-state index in [1.807, 2.05) is 31.3 Å². The van der Waals surface area contributed by atoms with E-state index in [9.17, 15) is 4.79 Å². The number of likely N-dealkylation sites (tertiary alicyclic amines) is 1. The highest BCUT2D eigenvalue weighted by Crippen LogP contribution is 2.24. The number of aryl methyl sites for hydroxylation is 2. The first-order valence-corrected chi connectivity index (χ1v) is 8.31. The van der Waals surface area contributed by atoms with Crippen molar-refractivity contribution < 1.29 is 4.79 Å². The van der Waals surface area contributed by atoms with Gasteiger partial charge in [-0.05, 0) is 58.6 Å². The molecule has 1 aliphatic rings. The zero-order chi connectivity index (χ0) is 15.7. The van der Waals surface area contributed by atoms with Gasteiger partial charge in [-0.25, -0.2) is 4.98 Å². The third-order valence-electron chi connectivity index (χ3n) is 4.89. The number of nitrogens with zero attached hydrogens (tertiary/aromatic N) is 3. The molecule has 0 N–H and O–H groups in total. The fourth-order valence-electron chi connectivity index (χ4n) is 3.73. The summed E-state index contributed by atoms with van der Waals surface area (Å²) in [7, 11) is 0. The van der Waals surface area contributed by atoms with Crippen molar-refractivity contribution in [2.24, 2.45) is 0 Å². The molecule has 2 atom stereocenters. The van der Waals surface area contributed by atoms with Crippen molar-refractivity contribution in [2.75, 3.05) is 0 Å². The van der Waals surface area contributed by atoms with Crippen LogP contribution in [0.3, 0.4) is 0 Å². The number of aromatic nitrogens is 2. The SMILES string of the molecule is Cc1nc2ccccn2c1CCC(=O)N1C(C)CCCC1C. The zero-order valence-electron chi connectivity index (χ0n) is 13.7. The second kappa shape index (κ2) is 6.11. The van der Waals surface area contributed by atoms with E-state index in [0.717, 1.165) is 36.3 Å². The summed E-state index contributed by atoms with van der Waals surface area (Å²) in [6.07, 6.45) is 6.85. The van der Waals surface area contributed by atoms with Crippen molar-refractivity contribution >= 4 is 11.6 Å². The number of carbonyl (C=O) groups excluding carboxylic acids is 1. The lowest BCUT2D eigenvalue weighted by molar-refractivity contribution is -0.137. The quantitative estimate of drug-likeness (QED) is 0.871. The third-order valence-corrected chi connectivity index (χ3v) is 4.89. The second-order valence-corrected chi connectivity index (χ2v) is 6.50. The summed E-state index contributed by atoms with van der Waals surface area (Å²) in [4.78, 5) is 19.3. The zero-order valence-corrected chi connectivity index (χ0v) is 13.7. The van der Waals surface area contributed by atoms with Crippen LogP contribution in [0.4, 0.5) is 0 Å². The van der Waals surface area contributed by atoms with Gasteiger partial charge in [0, 0.05) is 30.4 Å². The van der Waals surface area contributed by atoms with Gasteiger partial charge in [0.25, 0.3) is 0 Å². The van der Waals surface area contributed by atoms with E-state index in [4.69, 9.17) is 0 Å². The summed E-state index contributed by atoms with van der Waals surface area (Å²) >= 11 is 0. The van der Waals surface area contributed by atoms with E-state index in [-0.39, 0.29) is 5.91 Å². The van der Waals surface area contributed by atoms with Crippen LogP contribution >= 0.6 is 0 Å². The number of pyridine rings is 1. The molecule has 0 aliphatic carbocycles. The molecule has 1 fully saturated rings. The summed E-state index contributed by atoms with van der Waals surface area (Å²) in [5.41, 5.74) is 3.14. The molecule has 1 saturated heterocycles. The van der Waals surface area contributed by atoms with Crippen molar-refractivity contribution in [2.45, 2.75) is 65.0 Å². The van der Waals surface area contributed by atoms with Crippen LogP contribution in [0.15, 0.2) is 24.4 Å². The lowest BCUT2D eigenvalue weighted by atomic mass is 9.96. The van der Waals surface area contributed by atoms with Gasteiger partial charge in [0.1, 0.15) is 5.65 Å². The Kier molecular flexibility index (Phi) is 4.19. The number of hydrogen-bond acceptors (Lipinski definition) is 2. The maximum Gasteiger partial charge on any atom is 0.223 e. The molecule has 3 heterocycles. The molecule has 2 unspecified atom stereocenters. The predicted octanol–water partition coefficient (Wildman–Crippen LogP) is 3.36. The Morgan fingerprint density at radius 1 is 1.27 bits per heavy atom. The average molecular weight is 299 g/mol. The van der Waals surface area contributed by atoms with Gasteiger partial charge in [-0.1, -0.05) is 6.07 Å². The lowest BCUT2D eigenvalue weighted by Gasteiger charge is -2.39. The number of amides is 1. The molecule has 3 rings (SSSR count). The molecule has 0 saturated carbocycles. The molecule has 1 aliphatic heterocycles. The summed E-state index contributed by atoms with van der Waals surface area (Å²) in [6, 6.07) is 6.76. The normalized spacial score (nSPS) is 22.2. The molecule has 0 bridgehead atoms. The smallest absolute Gasteiger partial charge is 0.223 e. The molecular formula is C18H25N3O. The second-order valence-electron chi connectivity index (χ2n) is 6.50. The van der Waals surface area contributed by atoms with Crippen LogP contribution in [-0.2, 0) is 11.2 Å². The van der Waals surface area contributed by atoms with Crippen LogP contribution in [-0.4, -0.2) is 32.3 Å². The Morgan fingerprint density at radius 3 is 2.73 bits per heavy atom. The predicted molar refractivity (Wildman–Crippen MR) is 87.9 cm³/mol. The van der Waals surface area contributed by atoms with Crippen molar-refractivity contribution in [1.29, 1.82) is 0 Å². The van der Waals surface area contributed by atoms with Crippen LogP contribution in [0.2, 0.25) is 0 Å². The molecule has 2 aromatic rings. The van der Waals surface area contributed by atoms with Gasteiger partial charge in [-0.2, -0.15) is 0 Å². The number of fused-ring (bicyclic) bond motifs is 1. The van der Waals surface area contributed by atoms with E-state index in [0.29, 0.717) is 18.5 Å². The maximum absolute atomic E-state index is 12.7. The standard InChI is InChI=1S/C18H25N3O/c1-13-7-6-8-14(2)21(13)18(22)11-10-16-15(3)19-17-9-4-5-12-20(16)17/h4-5,9,12-14H,6-8,10-11H2,1-3H3. The Balaban J connectivity index is 1.73. The molecule has 22 heavy (non-hydrogen) atoms. The lowest BCUT2D eigenvalue weighted by Crippen LogP contribution is -2.47. The molecule has 1 amide bonds. The fraction of sp³-hybridized carbons (Fsp3) is 0.556. The molecule has 0 aromatic carbocycles. The van der Waals surface area contributed by atoms with Gasteiger partial charge in [-0.3, -0.25) is 4.79 Å². The number of piperidine rings is 1. The molecule has 4 heteroatoms. The fourth-order valence-corrected chi connectivity index (χ4v) is 3.73. The molecule has 0 spiro atoms. The minimum atomic E-state index is 0.282. The summed E-state index contributed by atoms with van der Waals surface area (Å²) < 4.78 is 2.10. The first kappa shape index (κ1) is 15.1. The van der Waals surface area contributed by atoms with Gasteiger partial charge in [0.2, 0.25) is 5.91 Å². The Bertz CT molecular complexity index is 666. The topological polar surface area (TPSA) is 37.6 Å². The highest BCUT2D eigenvalue weighted by molar-refractivity contribution is 5.77. The van der Waals surface area contributed by atoms with Crippen LogP contribution in [0.5, 0.6) is 0 Å². The minimum absolute atomic E-state index is 0.282. The molecule has 4 nitrogen and oxygen atoms in total. The molecule has 0 radical (unpaired) electrons. The number of carbonyl (C=O) groups is 1. The van der Waals surface area contributed by atoms with Gasteiger partial charge >= 0.3 is 0 Å². The minimum Gasteiger partial charge on any atom is -0.337 e. The molecule has 2 aromatic heterocycles. The Hall–Kier alpha value is -1.84. The first-order valence-electron chi connectivity index (χ1n) is 8.31. The van der Waals surface area contributed by atoms with E-state index in [1.165, 1.54) is 6.42 Å². The van der Waals surface area contributed by atoms with Gasteiger partial charge in [0.05, 0.1) is 5.69 Å². The van der Waals surface area contributed by atoms with Crippen LogP contribution < -0.4 is 0 Å². The number of imidazole rings is 1. The van der Waals surface area contributed by atoms with Crippen molar-refractivity contribution in [1.82, 2.24) is 14.3 Å². The number of rotatable bonds is 3. The van der Waals surface area contributed by atoms with E-state index in [1.54, 1.807) is 0 Å². The third kappa shape index (κ3) is 2.74. The van der Waals surface area contributed by atoms with Gasteiger partial charge in [-0.15, -0.1) is 0 Å². The molecule has 118 valence electrons. The first-order chi connectivity index (χ1) is 10.6. The summed E-state index contributed by atoms with van der Waals surface area (Å²) in [5, 5.41) is 0. The van der Waals surface area contributed by atoms with Crippen molar-refractivity contribution in [3.8, 4) is 0 Å². The Labute approximate surface area is 132 Å². The van der Waals surface area contributed by atoms with Crippen molar-refractivity contribution in [3.63, 3.8) is 0 Å². The van der Waals surface area contributed by atoms with Crippen molar-refractivity contribution in [3.05, 3.63) is 35.8 Å². The van der Waals surface area contributed by atoms with E-state index in [2.05, 4.69) is 28.1 Å². The van der Waals surface area contributed by atoms with E-state index >= 15 is 0 Å². The van der Waals surface area contributed by atoms with Gasteiger partial charge in [0.15, 0.2) is 0 Å². The summed E-state index contributed by atoms with van der Waals surface area (Å²) in [5.74, 6) is 0.282. The summed E-state index contributed by atoms with van der Waals surface area (Å²) in [6.45, 7) is 6.37. The average Bonchev–Trinajstić information content (AvgIpc) is 2.80. The monoisotopic (exact) mass is 299 g/mol. The largest absolute Gasteiger partial charge is 0.337 e. The highest BCUT2D eigenvalue weighted by Gasteiger charge is 2.28. The van der Waals surface area contributed by atoms with Crippen LogP contribution in [0.1, 0.15) is 50.9 Å². The van der Waals surface area contributed by atoms with E-state index < -0.39 is 0 Å². The maximum atomic E-state index is 12.7. The Morgan fingerprint density at radius 2 is 2.00 bits per heavy atom. The molecular weight excluding hydrogens is 274 g/mol.